The highest BCUT2D eigenvalue weighted by atomic mass is 32.2. The lowest BCUT2D eigenvalue weighted by atomic mass is 10.1. The molecule has 1 aromatic carbocycles. The molecule has 6 heteroatoms. The van der Waals surface area contributed by atoms with Crippen molar-refractivity contribution >= 4 is 9.84 Å². The van der Waals surface area contributed by atoms with Crippen molar-refractivity contribution < 1.29 is 23.4 Å². The van der Waals surface area contributed by atoms with E-state index in [-0.39, 0.29) is 6.61 Å². The van der Waals surface area contributed by atoms with Crippen LogP contribution in [0.25, 0.3) is 0 Å². The second kappa shape index (κ2) is 6.28. The Morgan fingerprint density at radius 1 is 1.27 bits per heavy atom. The van der Waals surface area contributed by atoms with Crippen molar-refractivity contribution in [1.82, 2.24) is 0 Å². The molecule has 0 saturated heterocycles. The highest BCUT2D eigenvalue weighted by molar-refractivity contribution is 7.94. The summed E-state index contributed by atoms with van der Waals surface area (Å²) in [5, 5.41) is 18.9. The van der Waals surface area contributed by atoms with Gasteiger partial charge < -0.3 is 14.9 Å². The van der Waals surface area contributed by atoms with Crippen LogP contribution in [0.15, 0.2) is 30.3 Å². The molecule has 1 atom stereocenters. The highest BCUT2D eigenvalue weighted by Crippen LogP contribution is 2.49. The summed E-state index contributed by atoms with van der Waals surface area (Å²) in [7, 11) is -3.63. The molecule has 2 N–H and O–H groups in total. The van der Waals surface area contributed by atoms with Gasteiger partial charge in [0.25, 0.3) is 0 Å². The highest BCUT2D eigenvalue weighted by Gasteiger charge is 2.61. The van der Waals surface area contributed by atoms with Gasteiger partial charge in [0.15, 0.2) is 9.84 Å². The molecule has 0 amide bonds. The Balaban J connectivity index is 2.04. The fourth-order valence-corrected chi connectivity index (χ4v) is 4.94. The summed E-state index contributed by atoms with van der Waals surface area (Å²) >= 11 is 0. The van der Waals surface area contributed by atoms with E-state index in [2.05, 4.69) is 0 Å². The maximum absolute atomic E-state index is 12.8. The summed E-state index contributed by atoms with van der Waals surface area (Å²) in [6.07, 6.45) is -0.235. The fraction of sp³-hybridized carbons (Fsp3) is 0.625. The molecule has 0 bridgehead atoms. The van der Waals surface area contributed by atoms with Crippen LogP contribution in [0.1, 0.15) is 32.3 Å². The molecule has 1 aliphatic rings. The van der Waals surface area contributed by atoms with Crippen molar-refractivity contribution in [2.45, 2.75) is 48.9 Å². The lowest BCUT2D eigenvalue weighted by Crippen LogP contribution is -2.52. The Hall–Kier alpha value is -0.950. The van der Waals surface area contributed by atoms with Crippen LogP contribution in [0.2, 0.25) is 0 Å². The molecule has 1 aliphatic carbocycles. The Bertz CT molecular complexity index is 590. The quantitative estimate of drug-likeness (QED) is 0.751. The summed E-state index contributed by atoms with van der Waals surface area (Å²) in [6.45, 7) is 2.82. The summed E-state index contributed by atoms with van der Waals surface area (Å²) in [6, 6.07) is 9.57. The van der Waals surface area contributed by atoms with Gasteiger partial charge in [0.1, 0.15) is 0 Å². The molecule has 1 fully saturated rings. The third kappa shape index (κ3) is 3.06. The first-order valence-corrected chi connectivity index (χ1v) is 8.90. The third-order valence-electron chi connectivity index (χ3n) is 4.52. The number of hydrogen-bond donors (Lipinski definition) is 2. The third-order valence-corrected chi connectivity index (χ3v) is 7.85. The maximum Gasteiger partial charge on any atom is 0.166 e. The van der Waals surface area contributed by atoms with Gasteiger partial charge in [-0.25, -0.2) is 8.42 Å². The number of sulfone groups is 1. The van der Waals surface area contributed by atoms with E-state index in [1.807, 2.05) is 30.3 Å². The summed E-state index contributed by atoms with van der Waals surface area (Å²) < 4.78 is 29.0. The zero-order valence-corrected chi connectivity index (χ0v) is 13.8. The van der Waals surface area contributed by atoms with Gasteiger partial charge in [0.05, 0.1) is 35.4 Å². The number of aliphatic hydroxyl groups is 2. The van der Waals surface area contributed by atoms with Crippen LogP contribution in [0.5, 0.6) is 0 Å². The van der Waals surface area contributed by atoms with Gasteiger partial charge >= 0.3 is 0 Å². The van der Waals surface area contributed by atoms with Crippen molar-refractivity contribution in [3.63, 3.8) is 0 Å². The van der Waals surface area contributed by atoms with E-state index in [1.165, 1.54) is 13.8 Å². The topological polar surface area (TPSA) is 83.8 Å². The molecule has 0 radical (unpaired) electrons. The van der Waals surface area contributed by atoms with Gasteiger partial charge in [-0.1, -0.05) is 30.3 Å². The average Bonchev–Trinajstić information content (AvgIpc) is 3.28. The summed E-state index contributed by atoms with van der Waals surface area (Å²) in [4.78, 5) is 0. The Kier molecular flexibility index (Phi) is 4.96. The predicted molar refractivity (Wildman–Crippen MR) is 84.2 cm³/mol. The van der Waals surface area contributed by atoms with Crippen molar-refractivity contribution in [2.75, 3.05) is 13.2 Å². The normalized spacial score (nSPS) is 18.9. The lowest BCUT2D eigenvalue weighted by molar-refractivity contribution is 0.0671. The van der Waals surface area contributed by atoms with Crippen molar-refractivity contribution in [3.05, 3.63) is 35.9 Å². The Morgan fingerprint density at radius 2 is 1.86 bits per heavy atom. The summed E-state index contributed by atoms with van der Waals surface area (Å²) in [5.41, 5.74) is 0.991. The van der Waals surface area contributed by atoms with E-state index in [4.69, 9.17) is 9.84 Å². The van der Waals surface area contributed by atoms with E-state index < -0.39 is 32.0 Å². The largest absolute Gasteiger partial charge is 0.394 e. The molecule has 124 valence electrons. The molecule has 1 aromatic rings. The number of ether oxygens (including phenoxy) is 1. The average molecular weight is 328 g/mol. The molecule has 5 nitrogen and oxygen atoms in total. The van der Waals surface area contributed by atoms with Gasteiger partial charge in [0.2, 0.25) is 0 Å². The second-order valence-corrected chi connectivity index (χ2v) is 9.39. The number of benzene rings is 1. The van der Waals surface area contributed by atoms with Gasteiger partial charge in [-0.15, -0.1) is 0 Å². The monoisotopic (exact) mass is 328 g/mol. The number of aliphatic hydroxyl groups excluding tert-OH is 2. The van der Waals surface area contributed by atoms with Crippen LogP contribution in [0, 0.1) is 0 Å². The first-order valence-electron chi connectivity index (χ1n) is 7.42. The minimum absolute atomic E-state index is 0.117. The van der Waals surface area contributed by atoms with E-state index in [1.54, 1.807) is 0 Å². The van der Waals surface area contributed by atoms with Crippen molar-refractivity contribution in [1.29, 1.82) is 0 Å². The molecular formula is C16H24O5S. The van der Waals surface area contributed by atoms with Crippen LogP contribution in [0.4, 0.5) is 0 Å². The second-order valence-electron chi connectivity index (χ2n) is 6.47. The standard InChI is InChI=1S/C16H24O5S/c1-15(2,14(18)10-17)22(19,20)16(8-9-16)12-21-11-13-6-4-3-5-7-13/h3-7,14,17-18H,8-12H2,1-2H3. The molecule has 1 saturated carbocycles. The van der Waals surface area contributed by atoms with E-state index in [0.717, 1.165) is 5.56 Å². The van der Waals surface area contributed by atoms with Gasteiger partial charge in [0, 0.05) is 0 Å². The molecule has 1 unspecified atom stereocenters. The smallest absolute Gasteiger partial charge is 0.166 e. The molecule has 0 aromatic heterocycles. The zero-order chi connectivity index (χ0) is 16.4. The first-order chi connectivity index (χ1) is 10.3. The van der Waals surface area contributed by atoms with Gasteiger partial charge in [-0.2, -0.15) is 0 Å². The Morgan fingerprint density at radius 3 is 2.36 bits per heavy atom. The predicted octanol–water partition coefficient (Wildman–Crippen LogP) is 1.28. The van der Waals surface area contributed by atoms with Crippen molar-refractivity contribution in [2.24, 2.45) is 0 Å². The van der Waals surface area contributed by atoms with Crippen LogP contribution in [-0.2, 0) is 21.2 Å². The van der Waals surface area contributed by atoms with Crippen LogP contribution >= 0.6 is 0 Å². The van der Waals surface area contributed by atoms with Crippen LogP contribution < -0.4 is 0 Å². The summed E-state index contributed by atoms with van der Waals surface area (Å²) in [5.74, 6) is 0. The molecular weight excluding hydrogens is 304 g/mol. The minimum Gasteiger partial charge on any atom is -0.394 e. The zero-order valence-electron chi connectivity index (χ0n) is 13.0. The van der Waals surface area contributed by atoms with E-state index >= 15 is 0 Å². The van der Waals surface area contributed by atoms with E-state index in [0.29, 0.717) is 19.4 Å². The first kappa shape index (κ1) is 17.4. The molecule has 0 heterocycles. The van der Waals surface area contributed by atoms with Crippen LogP contribution in [0.3, 0.4) is 0 Å². The maximum atomic E-state index is 12.8. The van der Waals surface area contributed by atoms with Crippen molar-refractivity contribution in [3.8, 4) is 0 Å². The number of hydrogen-bond acceptors (Lipinski definition) is 5. The SMILES string of the molecule is CC(C)(C(O)CO)S(=O)(=O)C1(COCc2ccccc2)CC1. The fourth-order valence-electron chi connectivity index (χ4n) is 2.52. The minimum atomic E-state index is -3.63. The molecule has 22 heavy (non-hydrogen) atoms. The van der Waals surface area contributed by atoms with E-state index in [9.17, 15) is 13.5 Å². The Labute approximate surface area is 131 Å². The lowest BCUT2D eigenvalue weighted by Gasteiger charge is -2.33. The number of rotatable bonds is 8. The van der Waals surface area contributed by atoms with Gasteiger partial charge in [-0.05, 0) is 32.3 Å². The molecule has 0 aliphatic heterocycles. The van der Waals surface area contributed by atoms with Gasteiger partial charge in [-0.3, -0.25) is 0 Å². The molecule has 2 rings (SSSR count). The molecule has 0 spiro atoms. The van der Waals surface area contributed by atoms with Crippen LogP contribution in [-0.4, -0.2) is 47.4 Å².